The quantitative estimate of drug-likeness (QED) is 0.297. The van der Waals surface area contributed by atoms with Crippen LogP contribution in [0.5, 0.6) is 0 Å². The molecule has 0 aromatic rings. The molecule has 0 bridgehead atoms. The second-order valence-electron chi connectivity index (χ2n) is 10.1. The minimum absolute atomic E-state index is 0.206. The molecule has 1 heterocycles. The van der Waals surface area contributed by atoms with Gasteiger partial charge in [0.05, 0.1) is 6.10 Å². The van der Waals surface area contributed by atoms with E-state index in [1.54, 1.807) is 0 Å². The number of rotatable bonds is 15. The summed E-state index contributed by atoms with van der Waals surface area (Å²) in [4.78, 5) is 0. The Balaban J connectivity index is 1.93. The first-order valence-corrected chi connectivity index (χ1v) is 11.9. The molecular weight excluding hydrogens is 334 g/mol. The molecule has 1 saturated heterocycles. The molecule has 27 heavy (non-hydrogen) atoms. The van der Waals surface area contributed by atoms with E-state index in [9.17, 15) is 5.21 Å². The lowest BCUT2D eigenvalue weighted by atomic mass is 9.80. The highest BCUT2D eigenvalue weighted by atomic mass is 16.5. The van der Waals surface area contributed by atoms with E-state index in [0.29, 0.717) is 0 Å². The third-order valence-electron chi connectivity index (χ3n) is 6.20. The number of unbranched alkanes of at least 4 members (excludes halogenated alkanes) is 12. The fourth-order valence-corrected chi connectivity index (χ4v) is 4.67. The fraction of sp³-hybridized carbons (Fsp3) is 1.00. The van der Waals surface area contributed by atoms with E-state index in [0.717, 1.165) is 19.4 Å². The van der Waals surface area contributed by atoms with Crippen molar-refractivity contribution in [3.63, 3.8) is 0 Å². The highest BCUT2D eigenvalue weighted by Gasteiger charge is 2.45. The molecule has 0 atom stereocenters. The predicted molar refractivity (Wildman–Crippen MR) is 116 cm³/mol. The highest BCUT2D eigenvalue weighted by molar-refractivity contribution is 4.96. The van der Waals surface area contributed by atoms with Crippen LogP contribution >= 0.6 is 0 Å². The lowest BCUT2D eigenvalue weighted by Gasteiger charge is -2.51. The van der Waals surface area contributed by atoms with Crippen LogP contribution in [0.15, 0.2) is 0 Å². The maximum absolute atomic E-state index is 10.4. The van der Waals surface area contributed by atoms with Crippen LogP contribution in [-0.4, -0.2) is 34.1 Å². The molecular formula is C24H49NO2. The zero-order chi connectivity index (χ0) is 20.2. The van der Waals surface area contributed by atoms with Crippen LogP contribution in [0.25, 0.3) is 0 Å². The fourth-order valence-electron chi connectivity index (χ4n) is 4.67. The molecule has 1 rings (SSSR count). The van der Waals surface area contributed by atoms with E-state index in [2.05, 4.69) is 34.6 Å². The lowest BCUT2D eigenvalue weighted by Crippen LogP contribution is -2.60. The molecule has 0 spiro atoms. The highest BCUT2D eigenvalue weighted by Crippen LogP contribution is 2.37. The van der Waals surface area contributed by atoms with Gasteiger partial charge < -0.3 is 9.94 Å². The smallest absolute Gasteiger partial charge is 0.0611 e. The van der Waals surface area contributed by atoms with Crippen LogP contribution in [0.3, 0.4) is 0 Å². The van der Waals surface area contributed by atoms with E-state index in [1.807, 2.05) is 0 Å². The molecule has 0 aromatic carbocycles. The Morgan fingerprint density at radius 2 is 1.07 bits per heavy atom. The van der Waals surface area contributed by atoms with Crippen molar-refractivity contribution in [1.29, 1.82) is 0 Å². The molecule has 1 N–H and O–H groups in total. The van der Waals surface area contributed by atoms with Crippen molar-refractivity contribution in [2.75, 3.05) is 6.61 Å². The van der Waals surface area contributed by atoms with Crippen LogP contribution in [-0.2, 0) is 4.74 Å². The Kier molecular flexibility index (Phi) is 12.2. The molecule has 1 fully saturated rings. The summed E-state index contributed by atoms with van der Waals surface area (Å²) >= 11 is 0. The van der Waals surface area contributed by atoms with Gasteiger partial charge in [-0.15, -0.1) is 0 Å². The van der Waals surface area contributed by atoms with Crippen molar-refractivity contribution in [2.45, 2.75) is 148 Å². The van der Waals surface area contributed by atoms with Crippen LogP contribution in [0.2, 0.25) is 0 Å². The van der Waals surface area contributed by atoms with Crippen molar-refractivity contribution in [3.05, 3.63) is 0 Å². The van der Waals surface area contributed by atoms with Gasteiger partial charge in [0.25, 0.3) is 0 Å². The Labute approximate surface area is 170 Å². The summed E-state index contributed by atoms with van der Waals surface area (Å²) in [6.45, 7) is 11.6. The Morgan fingerprint density at radius 1 is 0.704 bits per heavy atom. The Hall–Kier alpha value is -0.120. The van der Waals surface area contributed by atoms with Gasteiger partial charge in [-0.1, -0.05) is 84.0 Å². The summed E-state index contributed by atoms with van der Waals surface area (Å²) in [5, 5.41) is 11.9. The van der Waals surface area contributed by atoms with Crippen molar-refractivity contribution in [3.8, 4) is 0 Å². The molecule has 0 saturated carbocycles. The third-order valence-corrected chi connectivity index (χ3v) is 6.20. The lowest BCUT2D eigenvalue weighted by molar-refractivity contribution is -0.261. The van der Waals surface area contributed by atoms with Crippen LogP contribution in [0, 0.1) is 0 Å². The Bertz CT molecular complexity index is 349. The largest absolute Gasteiger partial charge is 0.378 e. The summed E-state index contributed by atoms with van der Waals surface area (Å²) in [6.07, 6.45) is 20.1. The average molecular weight is 384 g/mol. The third kappa shape index (κ3) is 10.3. The SMILES string of the molecule is CCCCCCCCCCCCCCCOC1CC(C)(C)N(O)C(C)(C)C1. The summed E-state index contributed by atoms with van der Waals surface area (Å²) in [7, 11) is 0. The molecule has 0 aliphatic carbocycles. The number of hydrogen-bond acceptors (Lipinski definition) is 3. The number of nitrogens with zero attached hydrogens (tertiary/aromatic N) is 1. The van der Waals surface area contributed by atoms with Crippen molar-refractivity contribution in [1.82, 2.24) is 5.06 Å². The minimum Gasteiger partial charge on any atom is -0.378 e. The number of piperidine rings is 1. The number of ether oxygens (including phenoxy) is 1. The summed E-state index contributed by atoms with van der Waals surface area (Å²) in [6, 6.07) is 0. The molecule has 0 amide bonds. The molecule has 0 aromatic heterocycles. The van der Waals surface area contributed by atoms with Gasteiger partial charge in [0.1, 0.15) is 0 Å². The normalized spacial score (nSPS) is 20.2. The van der Waals surface area contributed by atoms with E-state index in [-0.39, 0.29) is 17.2 Å². The topological polar surface area (TPSA) is 32.7 Å². The van der Waals surface area contributed by atoms with E-state index < -0.39 is 0 Å². The monoisotopic (exact) mass is 383 g/mol. The van der Waals surface area contributed by atoms with Gasteiger partial charge >= 0.3 is 0 Å². The molecule has 0 radical (unpaired) electrons. The Morgan fingerprint density at radius 3 is 1.48 bits per heavy atom. The van der Waals surface area contributed by atoms with Gasteiger partial charge in [-0.2, -0.15) is 5.06 Å². The molecule has 0 unspecified atom stereocenters. The molecule has 3 heteroatoms. The van der Waals surface area contributed by atoms with Gasteiger partial charge in [-0.05, 0) is 47.0 Å². The van der Waals surface area contributed by atoms with Crippen LogP contribution in [0.4, 0.5) is 0 Å². The van der Waals surface area contributed by atoms with Gasteiger partial charge in [0.15, 0.2) is 0 Å². The second-order valence-corrected chi connectivity index (χ2v) is 10.1. The van der Waals surface area contributed by atoms with Crippen LogP contribution in [0.1, 0.15) is 131 Å². The zero-order valence-electron chi connectivity index (χ0n) is 19.2. The van der Waals surface area contributed by atoms with E-state index in [1.165, 1.54) is 88.5 Å². The van der Waals surface area contributed by atoms with E-state index in [4.69, 9.17) is 4.74 Å². The maximum atomic E-state index is 10.4. The average Bonchev–Trinajstić information content (AvgIpc) is 2.59. The van der Waals surface area contributed by atoms with Crippen molar-refractivity contribution < 1.29 is 9.94 Å². The summed E-state index contributed by atoms with van der Waals surface area (Å²) in [5.74, 6) is 0. The number of hydroxylamine groups is 2. The first-order valence-electron chi connectivity index (χ1n) is 11.9. The molecule has 3 nitrogen and oxygen atoms in total. The van der Waals surface area contributed by atoms with Gasteiger partial charge in [-0.25, -0.2) is 0 Å². The second kappa shape index (κ2) is 13.2. The van der Waals surface area contributed by atoms with E-state index >= 15 is 0 Å². The molecule has 162 valence electrons. The zero-order valence-corrected chi connectivity index (χ0v) is 19.2. The minimum atomic E-state index is -0.206. The molecule has 1 aliphatic rings. The molecule has 1 aliphatic heterocycles. The maximum Gasteiger partial charge on any atom is 0.0611 e. The standard InChI is InChI=1S/C24H49NO2/c1-6-7-8-9-10-11-12-13-14-15-16-17-18-19-27-22-20-23(2,3)25(26)24(4,5)21-22/h22,26H,6-21H2,1-5H3. The summed E-state index contributed by atoms with van der Waals surface area (Å²) in [5.41, 5.74) is -0.412. The van der Waals surface area contributed by atoms with Crippen molar-refractivity contribution in [2.24, 2.45) is 0 Å². The van der Waals surface area contributed by atoms with Crippen LogP contribution < -0.4 is 0 Å². The van der Waals surface area contributed by atoms with Gasteiger partial charge in [-0.3, -0.25) is 0 Å². The van der Waals surface area contributed by atoms with Gasteiger partial charge in [0, 0.05) is 17.7 Å². The first kappa shape index (κ1) is 24.9. The van der Waals surface area contributed by atoms with Crippen molar-refractivity contribution >= 4 is 0 Å². The summed E-state index contributed by atoms with van der Waals surface area (Å²) < 4.78 is 6.16. The number of hydrogen-bond donors (Lipinski definition) is 1. The first-order chi connectivity index (χ1) is 12.8. The van der Waals surface area contributed by atoms with Gasteiger partial charge in [0.2, 0.25) is 0 Å². The predicted octanol–water partition coefficient (Wildman–Crippen LogP) is 7.51.